The van der Waals surface area contributed by atoms with E-state index in [4.69, 9.17) is 0 Å². The van der Waals surface area contributed by atoms with Crippen molar-refractivity contribution in [1.29, 1.82) is 0 Å². The summed E-state index contributed by atoms with van der Waals surface area (Å²) in [4.78, 5) is 11.9. The number of amides is 1. The van der Waals surface area contributed by atoms with Crippen LogP contribution >= 0.6 is 0 Å². The van der Waals surface area contributed by atoms with Crippen molar-refractivity contribution < 1.29 is 18.3 Å². The molecule has 0 unspecified atom stereocenters. The number of ether oxygens (including phenoxy) is 1. The first-order chi connectivity index (χ1) is 10.2. The van der Waals surface area contributed by atoms with Crippen molar-refractivity contribution in [2.75, 3.05) is 0 Å². The Kier molecular flexibility index (Phi) is 5.66. The van der Waals surface area contributed by atoms with Crippen LogP contribution in [-0.2, 0) is 4.79 Å². The van der Waals surface area contributed by atoms with Gasteiger partial charge in [0.2, 0.25) is 5.91 Å². The van der Waals surface area contributed by atoms with Crippen LogP contribution in [0.3, 0.4) is 0 Å². The van der Waals surface area contributed by atoms with Gasteiger partial charge in [-0.25, -0.2) is 5.43 Å². The zero-order valence-corrected chi connectivity index (χ0v) is 11.6. The van der Waals surface area contributed by atoms with Crippen LogP contribution in [0.1, 0.15) is 37.7 Å². The molecule has 0 aliphatic heterocycles. The van der Waals surface area contributed by atoms with Gasteiger partial charge < -0.3 is 4.74 Å². The Morgan fingerprint density at radius 3 is 2.71 bits per heavy atom. The molecule has 0 spiro atoms. The molecule has 0 saturated heterocycles. The van der Waals surface area contributed by atoms with Gasteiger partial charge in [-0.1, -0.05) is 31.4 Å². The highest BCUT2D eigenvalue weighted by Gasteiger charge is 2.20. The number of hydrogen-bond acceptors (Lipinski definition) is 3. The van der Waals surface area contributed by atoms with Crippen molar-refractivity contribution in [3.05, 3.63) is 29.8 Å². The maximum atomic E-state index is 12.3. The SMILES string of the molecule is O=C(N/N=C\c1ccccc1OC(F)F)C1CCCCC1. The fourth-order valence-corrected chi connectivity index (χ4v) is 2.41. The van der Waals surface area contributed by atoms with Crippen molar-refractivity contribution >= 4 is 12.1 Å². The minimum absolute atomic E-state index is 0.00320. The van der Waals surface area contributed by atoms with Gasteiger partial charge in [0.15, 0.2) is 0 Å². The number of hydrazone groups is 1. The molecule has 1 aromatic rings. The second-order valence-corrected chi connectivity index (χ2v) is 4.99. The largest absolute Gasteiger partial charge is 0.434 e. The van der Waals surface area contributed by atoms with Crippen molar-refractivity contribution in [3.63, 3.8) is 0 Å². The Balaban J connectivity index is 1.93. The van der Waals surface area contributed by atoms with Crippen LogP contribution in [0.4, 0.5) is 8.78 Å². The molecule has 0 bridgehead atoms. The highest BCUT2D eigenvalue weighted by Crippen LogP contribution is 2.23. The number of halogens is 2. The zero-order valence-electron chi connectivity index (χ0n) is 11.6. The van der Waals surface area contributed by atoms with Gasteiger partial charge in [-0.15, -0.1) is 0 Å². The van der Waals surface area contributed by atoms with E-state index < -0.39 is 6.61 Å². The lowest BCUT2D eigenvalue weighted by molar-refractivity contribution is -0.125. The molecular weight excluding hydrogens is 278 g/mol. The Hall–Kier alpha value is -1.98. The molecular formula is C15H18F2N2O2. The summed E-state index contributed by atoms with van der Waals surface area (Å²) in [6.45, 7) is -2.89. The van der Waals surface area contributed by atoms with E-state index in [0.717, 1.165) is 25.7 Å². The van der Waals surface area contributed by atoms with Crippen LogP contribution in [0.15, 0.2) is 29.4 Å². The van der Waals surface area contributed by atoms with Gasteiger partial charge in [0.25, 0.3) is 0 Å². The molecule has 0 atom stereocenters. The summed E-state index contributed by atoms with van der Waals surface area (Å²) in [6, 6.07) is 6.29. The molecule has 21 heavy (non-hydrogen) atoms. The maximum absolute atomic E-state index is 12.3. The second-order valence-electron chi connectivity index (χ2n) is 4.99. The first-order valence-corrected chi connectivity index (χ1v) is 7.03. The average molecular weight is 296 g/mol. The number of rotatable bonds is 5. The van der Waals surface area contributed by atoms with E-state index in [2.05, 4.69) is 15.3 Å². The van der Waals surface area contributed by atoms with Crippen molar-refractivity contribution in [3.8, 4) is 5.75 Å². The van der Waals surface area contributed by atoms with E-state index in [1.165, 1.54) is 18.7 Å². The van der Waals surface area contributed by atoms with Gasteiger partial charge in [0, 0.05) is 11.5 Å². The topological polar surface area (TPSA) is 50.7 Å². The molecule has 0 heterocycles. The van der Waals surface area contributed by atoms with Crippen LogP contribution in [0.25, 0.3) is 0 Å². The first kappa shape index (κ1) is 15.4. The monoisotopic (exact) mass is 296 g/mol. The van der Waals surface area contributed by atoms with Gasteiger partial charge >= 0.3 is 6.61 Å². The molecule has 1 amide bonds. The molecule has 0 aromatic heterocycles. The molecule has 114 valence electrons. The number of carbonyl (C=O) groups is 1. The van der Waals surface area contributed by atoms with Crippen LogP contribution < -0.4 is 10.2 Å². The fraction of sp³-hybridized carbons (Fsp3) is 0.467. The minimum atomic E-state index is -2.89. The summed E-state index contributed by atoms with van der Waals surface area (Å²) in [5, 5.41) is 3.84. The maximum Gasteiger partial charge on any atom is 0.387 e. The lowest BCUT2D eigenvalue weighted by Gasteiger charge is -2.19. The number of carbonyl (C=O) groups excluding carboxylic acids is 1. The summed E-state index contributed by atoms with van der Waals surface area (Å²) in [5.74, 6) is -0.0789. The smallest absolute Gasteiger partial charge is 0.387 e. The molecule has 1 aromatic carbocycles. The summed E-state index contributed by atoms with van der Waals surface area (Å²) in [6.07, 6.45) is 6.38. The Bertz CT molecular complexity index is 500. The number of nitrogens with zero attached hydrogens (tertiary/aromatic N) is 1. The predicted octanol–water partition coefficient (Wildman–Crippen LogP) is 3.32. The summed E-state index contributed by atoms with van der Waals surface area (Å²) in [7, 11) is 0. The molecule has 4 nitrogen and oxygen atoms in total. The van der Waals surface area contributed by atoms with Crippen LogP contribution in [-0.4, -0.2) is 18.7 Å². The molecule has 1 N–H and O–H groups in total. The number of alkyl halides is 2. The third kappa shape index (κ3) is 4.81. The summed E-state index contributed by atoms with van der Waals surface area (Å²) in [5.41, 5.74) is 2.86. The van der Waals surface area contributed by atoms with Gasteiger partial charge in [0.1, 0.15) is 5.75 Å². The van der Waals surface area contributed by atoms with Crippen molar-refractivity contribution in [2.45, 2.75) is 38.7 Å². The van der Waals surface area contributed by atoms with E-state index in [1.54, 1.807) is 18.2 Å². The van der Waals surface area contributed by atoms with E-state index in [-0.39, 0.29) is 17.6 Å². The third-order valence-electron chi connectivity index (χ3n) is 3.49. The number of nitrogens with one attached hydrogen (secondary N) is 1. The molecule has 6 heteroatoms. The van der Waals surface area contributed by atoms with Crippen LogP contribution in [0.5, 0.6) is 5.75 Å². The number of para-hydroxylation sites is 1. The second kappa shape index (κ2) is 7.71. The third-order valence-corrected chi connectivity index (χ3v) is 3.49. The Morgan fingerprint density at radius 1 is 1.29 bits per heavy atom. The molecule has 1 saturated carbocycles. The average Bonchev–Trinajstić information content (AvgIpc) is 2.49. The normalized spacial score (nSPS) is 16.3. The Morgan fingerprint density at radius 2 is 2.00 bits per heavy atom. The Labute approximate surface area is 122 Å². The van der Waals surface area contributed by atoms with E-state index >= 15 is 0 Å². The van der Waals surface area contributed by atoms with Gasteiger partial charge in [-0.05, 0) is 25.0 Å². The molecule has 0 radical (unpaired) electrons. The van der Waals surface area contributed by atoms with Crippen LogP contribution in [0, 0.1) is 5.92 Å². The summed E-state index contributed by atoms with van der Waals surface area (Å²) < 4.78 is 28.9. The number of hydrogen-bond donors (Lipinski definition) is 1. The lowest BCUT2D eigenvalue weighted by Crippen LogP contribution is -2.28. The zero-order chi connectivity index (χ0) is 15.1. The molecule has 1 aliphatic rings. The van der Waals surface area contributed by atoms with E-state index in [9.17, 15) is 13.6 Å². The summed E-state index contributed by atoms with van der Waals surface area (Å²) >= 11 is 0. The first-order valence-electron chi connectivity index (χ1n) is 7.03. The minimum Gasteiger partial charge on any atom is -0.434 e. The van der Waals surface area contributed by atoms with E-state index in [1.807, 2.05) is 0 Å². The highest BCUT2D eigenvalue weighted by atomic mass is 19.3. The van der Waals surface area contributed by atoms with Crippen molar-refractivity contribution in [1.82, 2.24) is 5.43 Å². The van der Waals surface area contributed by atoms with E-state index in [0.29, 0.717) is 5.56 Å². The lowest BCUT2D eigenvalue weighted by atomic mass is 9.89. The molecule has 1 aliphatic carbocycles. The molecule has 2 rings (SSSR count). The highest BCUT2D eigenvalue weighted by molar-refractivity contribution is 5.85. The van der Waals surface area contributed by atoms with Gasteiger partial charge in [0.05, 0.1) is 6.21 Å². The van der Waals surface area contributed by atoms with Gasteiger partial charge in [-0.2, -0.15) is 13.9 Å². The van der Waals surface area contributed by atoms with Gasteiger partial charge in [-0.3, -0.25) is 4.79 Å². The van der Waals surface area contributed by atoms with Crippen LogP contribution in [0.2, 0.25) is 0 Å². The van der Waals surface area contributed by atoms with Crippen molar-refractivity contribution in [2.24, 2.45) is 11.0 Å². The molecule has 1 fully saturated rings. The predicted molar refractivity (Wildman–Crippen MR) is 75.4 cm³/mol. The fourth-order valence-electron chi connectivity index (χ4n) is 2.41. The standard InChI is InChI=1S/C15H18F2N2O2/c16-15(17)21-13-9-5-4-8-12(13)10-18-19-14(20)11-6-2-1-3-7-11/h4-5,8-11,15H,1-3,6-7H2,(H,19,20)/b18-10-. The quantitative estimate of drug-likeness (QED) is 0.669. The number of benzene rings is 1.